The van der Waals surface area contributed by atoms with Crippen molar-refractivity contribution in [2.45, 2.75) is 18.2 Å². The summed E-state index contributed by atoms with van der Waals surface area (Å²) in [4.78, 5) is 8.01. The van der Waals surface area contributed by atoms with Crippen molar-refractivity contribution in [2.24, 2.45) is 5.92 Å². The van der Waals surface area contributed by atoms with E-state index >= 15 is 0 Å². The van der Waals surface area contributed by atoms with Crippen LogP contribution >= 0.6 is 11.6 Å². The minimum atomic E-state index is 0.365. The highest BCUT2D eigenvalue weighted by molar-refractivity contribution is 6.21. The SMILES string of the molecule is COc1cncnc1NCC1CC(Cl)C1. The fourth-order valence-corrected chi connectivity index (χ4v) is 2.16. The molecule has 15 heavy (non-hydrogen) atoms. The molecule has 1 fully saturated rings. The van der Waals surface area contributed by atoms with Gasteiger partial charge in [-0.1, -0.05) is 0 Å². The molecule has 1 aromatic rings. The predicted octanol–water partition coefficient (Wildman–Crippen LogP) is 1.91. The lowest BCUT2D eigenvalue weighted by atomic mass is 9.85. The summed E-state index contributed by atoms with van der Waals surface area (Å²) in [6, 6.07) is 0. The molecule has 0 bridgehead atoms. The van der Waals surface area contributed by atoms with Gasteiger partial charge in [0.05, 0.1) is 13.3 Å². The summed E-state index contributed by atoms with van der Waals surface area (Å²) >= 11 is 5.91. The highest BCUT2D eigenvalue weighted by Gasteiger charge is 2.26. The smallest absolute Gasteiger partial charge is 0.179 e. The van der Waals surface area contributed by atoms with Gasteiger partial charge >= 0.3 is 0 Å². The van der Waals surface area contributed by atoms with Gasteiger partial charge in [-0.25, -0.2) is 9.97 Å². The van der Waals surface area contributed by atoms with Crippen LogP contribution in [0.2, 0.25) is 0 Å². The van der Waals surface area contributed by atoms with Crippen LogP contribution in [0.15, 0.2) is 12.5 Å². The van der Waals surface area contributed by atoms with Crippen LogP contribution in [-0.4, -0.2) is 29.0 Å². The van der Waals surface area contributed by atoms with E-state index in [1.165, 1.54) is 6.33 Å². The molecule has 0 aliphatic heterocycles. The highest BCUT2D eigenvalue weighted by atomic mass is 35.5. The van der Waals surface area contributed by atoms with E-state index in [1.807, 2.05) is 0 Å². The zero-order chi connectivity index (χ0) is 10.7. The summed E-state index contributed by atoms with van der Waals surface area (Å²) in [5.41, 5.74) is 0. The van der Waals surface area contributed by atoms with Gasteiger partial charge in [0.25, 0.3) is 0 Å². The van der Waals surface area contributed by atoms with Gasteiger partial charge in [-0.05, 0) is 18.8 Å². The Bertz CT molecular complexity index is 328. The second kappa shape index (κ2) is 4.66. The number of anilines is 1. The zero-order valence-electron chi connectivity index (χ0n) is 8.61. The lowest BCUT2D eigenvalue weighted by molar-refractivity contribution is 0.340. The Kier molecular flexibility index (Phi) is 3.26. The van der Waals surface area contributed by atoms with Crippen molar-refractivity contribution in [1.29, 1.82) is 0 Å². The second-order valence-corrected chi connectivity index (χ2v) is 4.37. The predicted molar refractivity (Wildman–Crippen MR) is 59.4 cm³/mol. The fourth-order valence-electron chi connectivity index (χ4n) is 1.66. The number of methoxy groups -OCH3 is 1. The summed E-state index contributed by atoms with van der Waals surface area (Å²) in [6.07, 6.45) is 5.33. The first-order chi connectivity index (χ1) is 7.29. The molecule has 0 aromatic carbocycles. The van der Waals surface area contributed by atoms with E-state index in [-0.39, 0.29) is 0 Å². The summed E-state index contributed by atoms with van der Waals surface area (Å²) in [6.45, 7) is 0.899. The number of hydrogen-bond donors (Lipinski definition) is 1. The number of alkyl halides is 1. The molecule has 4 nitrogen and oxygen atoms in total. The molecule has 0 spiro atoms. The molecule has 5 heteroatoms. The van der Waals surface area contributed by atoms with E-state index in [1.54, 1.807) is 13.3 Å². The van der Waals surface area contributed by atoms with Crippen LogP contribution in [0.4, 0.5) is 5.82 Å². The van der Waals surface area contributed by atoms with Crippen LogP contribution in [0, 0.1) is 5.92 Å². The van der Waals surface area contributed by atoms with Crippen LogP contribution in [0.1, 0.15) is 12.8 Å². The fraction of sp³-hybridized carbons (Fsp3) is 0.600. The molecule has 1 aromatic heterocycles. The number of aromatic nitrogens is 2. The maximum absolute atomic E-state index is 5.91. The topological polar surface area (TPSA) is 47.0 Å². The van der Waals surface area contributed by atoms with Crippen molar-refractivity contribution in [1.82, 2.24) is 9.97 Å². The molecular formula is C10H14ClN3O. The van der Waals surface area contributed by atoms with Crippen LogP contribution in [0.5, 0.6) is 5.75 Å². The summed E-state index contributed by atoms with van der Waals surface area (Å²) in [7, 11) is 1.61. The Labute approximate surface area is 94.0 Å². The third kappa shape index (κ3) is 2.50. The van der Waals surface area contributed by atoms with E-state index in [2.05, 4.69) is 15.3 Å². The normalized spacial score (nSPS) is 24.4. The molecule has 1 N–H and O–H groups in total. The van der Waals surface area contributed by atoms with Crippen LogP contribution in [-0.2, 0) is 0 Å². The first kappa shape index (κ1) is 10.5. The standard InChI is InChI=1S/C10H14ClN3O/c1-15-9-5-12-6-14-10(9)13-4-7-2-8(11)3-7/h5-8H,2-4H2,1H3,(H,12,13,14). The van der Waals surface area contributed by atoms with Gasteiger partial charge in [0.2, 0.25) is 0 Å². The van der Waals surface area contributed by atoms with E-state index in [0.29, 0.717) is 17.0 Å². The molecule has 1 heterocycles. The van der Waals surface area contributed by atoms with Gasteiger partial charge < -0.3 is 10.1 Å². The highest BCUT2D eigenvalue weighted by Crippen LogP contribution is 2.32. The van der Waals surface area contributed by atoms with Crippen molar-refractivity contribution < 1.29 is 4.74 Å². The minimum Gasteiger partial charge on any atom is -0.491 e. The molecule has 1 aliphatic rings. The molecule has 1 aliphatic carbocycles. The Morgan fingerprint density at radius 3 is 3.07 bits per heavy atom. The lowest BCUT2D eigenvalue weighted by Gasteiger charge is -2.31. The number of halogens is 1. The van der Waals surface area contributed by atoms with Gasteiger partial charge in [0.15, 0.2) is 11.6 Å². The molecule has 0 saturated heterocycles. The van der Waals surface area contributed by atoms with Crippen LogP contribution in [0.25, 0.3) is 0 Å². The summed E-state index contributed by atoms with van der Waals surface area (Å²) < 4.78 is 5.14. The monoisotopic (exact) mass is 227 g/mol. The van der Waals surface area contributed by atoms with Crippen molar-refractivity contribution >= 4 is 17.4 Å². The number of ether oxygens (including phenoxy) is 1. The number of nitrogens with zero attached hydrogens (tertiary/aromatic N) is 2. The Hall–Kier alpha value is -1.03. The third-order valence-corrected chi connectivity index (χ3v) is 2.99. The Balaban J connectivity index is 1.87. The molecule has 0 amide bonds. The average molecular weight is 228 g/mol. The Morgan fingerprint density at radius 2 is 2.40 bits per heavy atom. The van der Waals surface area contributed by atoms with Crippen molar-refractivity contribution in [3.63, 3.8) is 0 Å². The van der Waals surface area contributed by atoms with E-state index < -0.39 is 0 Å². The molecule has 0 unspecified atom stereocenters. The Morgan fingerprint density at radius 1 is 1.60 bits per heavy atom. The van der Waals surface area contributed by atoms with Gasteiger partial charge in [0, 0.05) is 11.9 Å². The molecule has 1 saturated carbocycles. The summed E-state index contributed by atoms with van der Waals surface area (Å²) in [5.74, 6) is 2.09. The van der Waals surface area contributed by atoms with Crippen molar-refractivity contribution in [3.8, 4) is 5.75 Å². The minimum absolute atomic E-state index is 0.365. The van der Waals surface area contributed by atoms with Crippen LogP contribution < -0.4 is 10.1 Å². The first-order valence-corrected chi connectivity index (χ1v) is 5.45. The van der Waals surface area contributed by atoms with Gasteiger partial charge in [-0.2, -0.15) is 0 Å². The zero-order valence-corrected chi connectivity index (χ0v) is 9.37. The maximum Gasteiger partial charge on any atom is 0.179 e. The number of nitrogens with one attached hydrogen (secondary N) is 1. The van der Waals surface area contributed by atoms with E-state index in [9.17, 15) is 0 Å². The molecular weight excluding hydrogens is 214 g/mol. The number of rotatable bonds is 4. The van der Waals surface area contributed by atoms with E-state index in [4.69, 9.17) is 16.3 Å². The van der Waals surface area contributed by atoms with Gasteiger partial charge in [0.1, 0.15) is 6.33 Å². The van der Waals surface area contributed by atoms with Crippen molar-refractivity contribution in [3.05, 3.63) is 12.5 Å². The second-order valence-electron chi connectivity index (χ2n) is 3.76. The maximum atomic E-state index is 5.91. The average Bonchev–Trinajstić information content (AvgIpc) is 2.23. The van der Waals surface area contributed by atoms with Crippen molar-refractivity contribution in [2.75, 3.05) is 19.0 Å². The lowest BCUT2D eigenvalue weighted by Crippen LogP contribution is -2.30. The summed E-state index contributed by atoms with van der Waals surface area (Å²) in [5, 5.41) is 3.62. The largest absolute Gasteiger partial charge is 0.491 e. The molecule has 0 radical (unpaired) electrons. The van der Waals surface area contributed by atoms with E-state index in [0.717, 1.165) is 25.2 Å². The quantitative estimate of drug-likeness (QED) is 0.799. The van der Waals surface area contributed by atoms with Gasteiger partial charge in [-0.15, -0.1) is 11.6 Å². The van der Waals surface area contributed by atoms with Crippen LogP contribution in [0.3, 0.4) is 0 Å². The first-order valence-electron chi connectivity index (χ1n) is 5.01. The molecule has 2 rings (SSSR count). The molecule has 0 atom stereocenters. The number of hydrogen-bond acceptors (Lipinski definition) is 4. The molecule has 82 valence electrons. The third-order valence-electron chi connectivity index (χ3n) is 2.63. The van der Waals surface area contributed by atoms with Gasteiger partial charge in [-0.3, -0.25) is 0 Å².